The van der Waals surface area contributed by atoms with Crippen molar-refractivity contribution in [2.45, 2.75) is 32.0 Å². The van der Waals surface area contributed by atoms with Crippen LogP contribution in [0.15, 0.2) is 34.1 Å². The number of hydrogen-bond acceptors (Lipinski definition) is 5. The van der Waals surface area contributed by atoms with E-state index in [1.54, 1.807) is 0 Å². The highest BCUT2D eigenvalue weighted by Crippen LogP contribution is 2.36. The molecule has 4 rings (SSSR count). The minimum Gasteiger partial charge on any atom is -0.486 e. The summed E-state index contributed by atoms with van der Waals surface area (Å²) in [7, 11) is 0. The normalized spacial score (nSPS) is 19.5. The standard InChI is InChI=1S/C19H22BrNO3S/c20-17-10-19-18(23-6-7-24-19)9-14(17)11-21(12-15-3-1-5-22-15)13-16-4-2-8-25-16/h2,4,8-10,15H,1,3,5-7,11-13H2. The van der Waals surface area contributed by atoms with Gasteiger partial charge in [0.1, 0.15) is 13.2 Å². The summed E-state index contributed by atoms with van der Waals surface area (Å²) >= 11 is 5.51. The molecule has 134 valence electrons. The number of benzene rings is 1. The first-order valence-electron chi connectivity index (χ1n) is 8.72. The second-order valence-corrected chi connectivity index (χ2v) is 8.36. The topological polar surface area (TPSA) is 30.9 Å². The van der Waals surface area contributed by atoms with Crippen molar-refractivity contribution in [1.29, 1.82) is 0 Å². The van der Waals surface area contributed by atoms with Crippen LogP contribution in [0.5, 0.6) is 11.5 Å². The van der Waals surface area contributed by atoms with Crippen LogP contribution in [0.2, 0.25) is 0 Å². The molecule has 0 saturated carbocycles. The lowest BCUT2D eigenvalue weighted by Crippen LogP contribution is -2.31. The van der Waals surface area contributed by atoms with E-state index in [9.17, 15) is 0 Å². The molecule has 0 N–H and O–H groups in total. The molecule has 2 aliphatic heterocycles. The summed E-state index contributed by atoms with van der Waals surface area (Å²) in [6.45, 7) is 4.88. The summed E-state index contributed by atoms with van der Waals surface area (Å²) in [6.07, 6.45) is 2.67. The Bertz CT molecular complexity index is 701. The first-order chi connectivity index (χ1) is 12.3. The Hall–Kier alpha value is -1.08. The maximum absolute atomic E-state index is 5.87. The molecule has 1 fully saturated rings. The van der Waals surface area contributed by atoms with Crippen LogP contribution in [0.1, 0.15) is 23.3 Å². The van der Waals surface area contributed by atoms with Gasteiger partial charge in [-0.15, -0.1) is 11.3 Å². The lowest BCUT2D eigenvalue weighted by Gasteiger charge is -2.26. The highest BCUT2D eigenvalue weighted by atomic mass is 79.9. The van der Waals surface area contributed by atoms with Crippen molar-refractivity contribution in [3.8, 4) is 11.5 Å². The second-order valence-electron chi connectivity index (χ2n) is 6.47. The Labute approximate surface area is 160 Å². The molecule has 0 aliphatic carbocycles. The third kappa shape index (κ3) is 4.37. The van der Waals surface area contributed by atoms with Crippen molar-refractivity contribution in [2.24, 2.45) is 0 Å². The molecule has 1 aromatic carbocycles. The minimum atomic E-state index is 0.343. The maximum Gasteiger partial charge on any atom is 0.162 e. The largest absolute Gasteiger partial charge is 0.486 e. The molecular formula is C19H22BrNO3S. The second kappa shape index (κ2) is 8.08. The Morgan fingerprint density at radius 1 is 1.12 bits per heavy atom. The average molecular weight is 424 g/mol. The Kier molecular flexibility index (Phi) is 5.60. The van der Waals surface area contributed by atoms with Gasteiger partial charge in [0, 0.05) is 35.6 Å². The van der Waals surface area contributed by atoms with Crippen LogP contribution in [0.3, 0.4) is 0 Å². The van der Waals surface area contributed by atoms with Crippen molar-refractivity contribution in [3.63, 3.8) is 0 Å². The molecule has 6 heteroatoms. The molecule has 3 heterocycles. The van der Waals surface area contributed by atoms with E-state index in [4.69, 9.17) is 14.2 Å². The molecular weight excluding hydrogens is 402 g/mol. The lowest BCUT2D eigenvalue weighted by molar-refractivity contribution is 0.0681. The fraction of sp³-hybridized carbons (Fsp3) is 0.474. The zero-order valence-corrected chi connectivity index (χ0v) is 16.5. The third-order valence-corrected chi connectivity index (χ3v) is 6.15. The predicted octanol–water partition coefficient (Wildman–Crippen LogP) is 4.46. The van der Waals surface area contributed by atoms with Gasteiger partial charge in [-0.3, -0.25) is 4.90 Å². The molecule has 2 aromatic rings. The van der Waals surface area contributed by atoms with Gasteiger partial charge in [-0.1, -0.05) is 22.0 Å². The van der Waals surface area contributed by atoms with E-state index >= 15 is 0 Å². The van der Waals surface area contributed by atoms with Gasteiger partial charge in [0.25, 0.3) is 0 Å². The highest BCUT2D eigenvalue weighted by Gasteiger charge is 2.22. The molecule has 1 unspecified atom stereocenters. The zero-order valence-electron chi connectivity index (χ0n) is 14.1. The molecule has 4 nitrogen and oxygen atoms in total. The van der Waals surface area contributed by atoms with Crippen LogP contribution in [0.4, 0.5) is 0 Å². The van der Waals surface area contributed by atoms with Crippen LogP contribution in [-0.4, -0.2) is 37.4 Å². The van der Waals surface area contributed by atoms with E-state index in [-0.39, 0.29) is 0 Å². The molecule has 0 bridgehead atoms. The van der Waals surface area contributed by atoms with E-state index in [0.29, 0.717) is 19.3 Å². The highest BCUT2D eigenvalue weighted by molar-refractivity contribution is 9.10. The van der Waals surface area contributed by atoms with Crippen LogP contribution >= 0.6 is 27.3 Å². The quantitative estimate of drug-likeness (QED) is 0.685. The number of thiophene rings is 1. The molecule has 0 radical (unpaired) electrons. The fourth-order valence-electron chi connectivity index (χ4n) is 3.35. The minimum absolute atomic E-state index is 0.343. The summed E-state index contributed by atoms with van der Waals surface area (Å²) in [4.78, 5) is 3.85. The zero-order chi connectivity index (χ0) is 17.1. The van der Waals surface area contributed by atoms with Gasteiger partial charge in [0.2, 0.25) is 0 Å². The summed E-state index contributed by atoms with van der Waals surface area (Å²) in [5.74, 6) is 1.67. The SMILES string of the molecule is Brc1cc2c(cc1CN(Cc1cccs1)CC1CCCO1)OCCO2. The molecule has 0 spiro atoms. The van der Waals surface area contributed by atoms with E-state index < -0.39 is 0 Å². The van der Waals surface area contributed by atoms with Crippen molar-refractivity contribution >= 4 is 27.3 Å². The maximum atomic E-state index is 5.87. The number of fused-ring (bicyclic) bond motifs is 1. The van der Waals surface area contributed by atoms with E-state index in [1.165, 1.54) is 16.9 Å². The predicted molar refractivity (Wildman–Crippen MR) is 103 cm³/mol. The first-order valence-corrected chi connectivity index (χ1v) is 10.4. The summed E-state index contributed by atoms with van der Waals surface area (Å²) in [6, 6.07) is 8.45. The van der Waals surface area contributed by atoms with Crippen LogP contribution in [0.25, 0.3) is 0 Å². The fourth-order valence-corrected chi connectivity index (χ4v) is 4.55. The number of ether oxygens (including phenoxy) is 3. The summed E-state index contributed by atoms with van der Waals surface area (Å²) in [5, 5.41) is 2.14. The number of nitrogens with zero attached hydrogens (tertiary/aromatic N) is 1. The van der Waals surface area contributed by atoms with Crippen molar-refractivity contribution in [1.82, 2.24) is 4.90 Å². The smallest absolute Gasteiger partial charge is 0.162 e. The number of hydrogen-bond donors (Lipinski definition) is 0. The molecule has 1 saturated heterocycles. The summed E-state index contributed by atoms with van der Waals surface area (Å²) in [5.41, 5.74) is 1.22. The van der Waals surface area contributed by atoms with Crippen LogP contribution in [-0.2, 0) is 17.8 Å². The summed E-state index contributed by atoms with van der Waals surface area (Å²) < 4.78 is 18.4. The monoisotopic (exact) mass is 423 g/mol. The molecule has 25 heavy (non-hydrogen) atoms. The average Bonchev–Trinajstić information content (AvgIpc) is 3.29. The Balaban J connectivity index is 1.52. The van der Waals surface area contributed by atoms with E-state index in [1.807, 2.05) is 17.4 Å². The molecule has 1 atom stereocenters. The van der Waals surface area contributed by atoms with E-state index in [2.05, 4.69) is 44.4 Å². The van der Waals surface area contributed by atoms with Gasteiger partial charge in [-0.25, -0.2) is 0 Å². The van der Waals surface area contributed by atoms with Crippen LogP contribution in [0, 0.1) is 0 Å². The van der Waals surface area contributed by atoms with Gasteiger partial charge in [-0.05, 0) is 42.0 Å². The molecule has 1 aromatic heterocycles. The van der Waals surface area contributed by atoms with Crippen molar-refractivity contribution in [2.75, 3.05) is 26.4 Å². The molecule has 0 amide bonds. The van der Waals surface area contributed by atoms with E-state index in [0.717, 1.165) is 48.6 Å². The first kappa shape index (κ1) is 17.3. The van der Waals surface area contributed by atoms with Crippen molar-refractivity contribution < 1.29 is 14.2 Å². The van der Waals surface area contributed by atoms with Gasteiger partial charge < -0.3 is 14.2 Å². The van der Waals surface area contributed by atoms with Gasteiger partial charge in [-0.2, -0.15) is 0 Å². The Morgan fingerprint density at radius 3 is 2.68 bits per heavy atom. The van der Waals surface area contributed by atoms with Crippen LogP contribution < -0.4 is 9.47 Å². The van der Waals surface area contributed by atoms with Gasteiger partial charge >= 0.3 is 0 Å². The van der Waals surface area contributed by atoms with Crippen molar-refractivity contribution in [3.05, 3.63) is 44.6 Å². The van der Waals surface area contributed by atoms with Gasteiger partial charge in [0.15, 0.2) is 11.5 Å². The number of rotatable bonds is 6. The Morgan fingerprint density at radius 2 is 1.96 bits per heavy atom. The lowest BCUT2D eigenvalue weighted by atomic mass is 10.1. The third-order valence-electron chi connectivity index (χ3n) is 4.55. The van der Waals surface area contributed by atoms with Gasteiger partial charge in [0.05, 0.1) is 6.10 Å². The number of halogens is 1. The molecule has 2 aliphatic rings.